The molecule has 0 bridgehead atoms. The summed E-state index contributed by atoms with van der Waals surface area (Å²) in [7, 11) is -3.60. The van der Waals surface area contributed by atoms with Crippen LogP contribution in [0.5, 0.6) is 5.75 Å². The van der Waals surface area contributed by atoms with Crippen LogP contribution in [0.25, 0.3) is 0 Å². The number of carbonyl (C=O) groups excluding carboxylic acids is 1. The van der Waals surface area contributed by atoms with Crippen molar-refractivity contribution >= 4 is 33.2 Å². The second-order valence-electron chi connectivity index (χ2n) is 7.84. The average molecular weight is 479 g/mol. The summed E-state index contributed by atoms with van der Waals surface area (Å²) in [5, 5.41) is 3.74. The number of carbonyl (C=O) groups is 1. The Morgan fingerprint density at radius 1 is 1.06 bits per heavy atom. The molecular formula is C24H31ClN2O4S. The molecule has 0 atom stereocenters. The minimum Gasteiger partial charge on any atom is -0.494 e. The Morgan fingerprint density at radius 2 is 1.72 bits per heavy atom. The van der Waals surface area contributed by atoms with E-state index >= 15 is 0 Å². The Balaban J connectivity index is 1.67. The molecule has 8 heteroatoms. The smallest absolute Gasteiger partial charge is 0.243 e. The lowest BCUT2D eigenvalue weighted by atomic mass is 9.96. The highest BCUT2D eigenvalue weighted by atomic mass is 35.5. The minimum absolute atomic E-state index is 0.0743. The monoisotopic (exact) mass is 478 g/mol. The molecule has 1 fully saturated rings. The Labute approximate surface area is 196 Å². The van der Waals surface area contributed by atoms with Crippen molar-refractivity contribution in [3.05, 3.63) is 52.5 Å². The number of hydrogen-bond acceptors (Lipinski definition) is 4. The number of nitrogens with zero attached hydrogens (tertiary/aromatic N) is 1. The molecule has 1 saturated heterocycles. The van der Waals surface area contributed by atoms with Gasteiger partial charge >= 0.3 is 0 Å². The summed E-state index contributed by atoms with van der Waals surface area (Å²) >= 11 is 6.35. The number of piperidine rings is 1. The van der Waals surface area contributed by atoms with Crippen LogP contribution in [0.3, 0.4) is 0 Å². The molecule has 0 aliphatic carbocycles. The lowest BCUT2D eigenvalue weighted by Crippen LogP contribution is -2.41. The van der Waals surface area contributed by atoms with Gasteiger partial charge in [0.2, 0.25) is 15.9 Å². The van der Waals surface area contributed by atoms with Crippen LogP contribution in [-0.2, 0) is 27.7 Å². The van der Waals surface area contributed by atoms with E-state index in [0.29, 0.717) is 43.3 Å². The molecule has 1 aliphatic heterocycles. The lowest BCUT2D eigenvalue weighted by Gasteiger charge is -2.31. The molecule has 174 valence electrons. The molecule has 0 spiro atoms. The molecule has 0 radical (unpaired) electrons. The van der Waals surface area contributed by atoms with Crippen molar-refractivity contribution in [1.29, 1.82) is 0 Å². The number of nitrogens with one attached hydrogen (secondary N) is 1. The van der Waals surface area contributed by atoms with Gasteiger partial charge in [-0.05, 0) is 74.1 Å². The van der Waals surface area contributed by atoms with Gasteiger partial charge in [0.05, 0.1) is 11.5 Å². The Kier molecular flexibility index (Phi) is 8.20. The van der Waals surface area contributed by atoms with E-state index in [0.717, 1.165) is 29.7 Å². The average Bonchev–Trinajstić information content (AvgIpc) is 2.80. The number of anilines is 1. The van der Waals surface area contributed by atoms with Gasteiger partial charge in [-0.3, -0.25) is 4.79 Å². The van der Waals surface area contributed by atoms with Crippen molar-refractivity contribution in [3.8, 4) is 5.75 Å². The van der Waals surface area contributed by atoms with Crippen LogP contribution in [0.1, 0.15) is 44.7 Å². The molecule has 1 heterocycles. The number of halogens is 1. The van der Waals surface area contributed by atoms with E-state index in [1.807, 2.05) is 32.9 Å². The van der Waals surface area contributed by atoms with Gasteiger partial charge in [-0.2, -0.15) is 4.31 Å². The number of aryl methyl sites for hydroxylation is 1. The molecule has 6 nitrogen and oxygen atoms in total. The fourth-order valence-corrected chi connectivity index (χ4v) is 5.83. The van der Waals surface area contributed by atoms with Crippen LogP contribution < -0.4 is 10.1 Å². The summed E-state index contributed by atoms with van der Waals surface area (Å²) in [5.41, 5.74) is 2.79. The van der Waals surface area contributed by atoms with Crippen molar-refractivity contribution in [2.24, 2.45) is 5.92 Å². The van der Waals surface area contributed by atoms with Crippen LogP contribution >= 0.6 is 11.6 Å². The Morgan fingerprint density at radius 3 is 2.28 bits per heavy atom. The van der Waals surface area contributed by atoms with Crippen LogP contribution in [0.15, 0.2) is 41.3 Å². The first-order valence-corrected chi connectivity index (χ1v) is 13.0. The van der Waals surface area contributed by atoms with Crippen LogP contribution in [0.2, 0.25) is 5.02 Å². The van der Waals surface area contributed by atoms with Gasteiger partial charge in [0, 0.05) is 29.7 Å². The molecular weight excluding hydrogens is 448 g/mol. The quantitative estimate of drug-likeness (QED) is 0.585. The number of ether oxygens (including phenoxy) is 1. The molecule has 1 aliphatic rings. The first kappa shape index (κ1) is 24.6. The summed E-state index contributed by atoms with van der Waals surface area (Å²) in [5.74, 6) is 0.325. The summed E-state index contributed by atoms with van der Waals surface area (Å²) in [6.45, 7) is 7.08. The molecule has 1 N–H and O–H groups in total. The van der Waals surface area contributed by atoms with Crippen molar-refractivity contribution < 1.29 is 17.9 Å². The molecule has 32 heavy (non-hydrogen) atoms. The number of hydrogen-bond donors (Lipinski definition) is 1. The minimum atomic E-state index is -3.60. The number of amides is 1. The fourth-order valence-electron chi connectivity index (χ4n) is 4.07. The van der Waals surface area contributed by atoms with Gasteiger partial charge in [-0.1, -0.05) is 31.5 Å². The van der Waals surface area contributed by atoms with Gasteiger partial charge in [0.25, 0.3) is 0 Å². The first-order valence-electron chi connectivity index (χ1n) is 11.2. The maximum atomic E-state index is 13.0. The van der Waals surface area contributed by atoms with E-state index in [9.17, 15) is 13.2 Å². The van der Waals surface area contributed by atoms with Gasteiger partial charge in [-0.25, -0.2) is 8.42 Å². The maximum Gasteiger partial charge on any atom is 0.243 e. The van der Waals surface area contributed by atoms with Gasteiger partial charge in [0.15, 0.2) is 0 Å². The highest BCUT2D eigenvalue weighted by molar-refractivity contribution is 7.89. The number of benzene rings is 2. The third-order valence-corrected chi connectivity index (χ3v) is 8.19. The third kappa shape index (κ3) is 5.27. The number of rotatable bonds is 8. The Bertz CT molecular complexity index is 1050. The predicted octanol–water partition coefficient (Wildman–Crippen LogP) is 4.90. The highest BCUT2D eigenvalue weighted by Gasteiger charge is 2.32. The third-order valence-electron chi connectivity index (χ3n) is 5.92. The molecule has 1 amide bonds. The van der Waals surface area contributed by atoms with E-state index in [-0.39, 0.29) is 16.7 Å². The zero-order valence-corrected chi connectivity index (χ0v) is 20.4. The van der Waals surface area contributed by atoms with Crippen molar-refractivity contribution in [3.63, 3.8) is 0 Å². The zero-order valence-electron chi connectivity index (χ0n) is 18.9. The molecule has 0 aromatic heterocycles. The van der Waals surface area contributed by atoms with E-state index in [1.54, 1.807) is 24.3 Å². The summed E-state index contributed by atoms with van der Waals surface area (Å²) in [4.78, 5) is 13.2. The largest absolute Gasteiger partial charge is 0.494 e. The molecule has 2 aromatic rings. The summed E-state index contributed by atoms with van der Waals surface area (Å²) < 4.78 is 32.8. The lowest BCUT2D eigenvalue weighted by molar-refractivity contribution is -0.120. The van der Waals surface area contributed by atoms with Crippen molar-refractivity contribution in [1.82, 2.24) is 4.31 Å². The number of sulfonamides is 1. The standard InChI is InChI=1S/C24H31ClN2O4S/c1-4-17-7-12-22(25)21(5-2)23(17)26-24(28)18-13-15-27(16-14-18)32(29,30)20-10-8-19(9-11-20)31-6-3/h7-12,18H,4-6,13-16H2,1-3H3,(H,26,28). The second-order valence-corrected chi connectivity index (χ2v) is 10.2. The molecule has 2 aromatic carbocycles. The highest BCUT2D eigenvalue weighted by Crippen LogP contribution is 2.31. The van der Waals surface area contributed by atoms with Crippen LogP contribution in [0, 0.1) is 5.92 Å². The summed E-state index contributed by atoms with van der Waals surface area (Å²) in [6, 6.07) is 10.3. The van der Waals surface area contributed by atoms with Gasteiger partial charge < -0.3 is 10.1 Å². The summed E-state index contributed by atoms with van der Waals surface area (Å²) in [6.07, 6.45) is 2.47. The predicted molar refractivity (Wildman–Crippen MR) is 128 cm³/mol. The van der Waals surface area contributed by atoms with E-state index in [1.165, 1.54) is 4.31 Å². The van der Waals surface area contributed by atoms with E-state index in [4.69, 9.17) is 16.3 Å². The van der Waals surface area contributed by atoms with Gasteiger partial charge in [0.1, 0.15) is 5.75 Å². The fraction of sp³-hybridized carbons (Fsp3) is 0.458. The molecule has 3 rings (SSSR count). The van der Waals surface area contributed by atoms with E-state index < -0.39 is 10.0 Å². The van der Waals surface area contributed by atoms with Crippen molar-refractivity contribution in [2.75, 3.05) is 25.0 Å². The first-order chi connectivity index (χ1) is 15.3. The SMILES string of the molecule is CCOc1ccc(S(=O)(=O)N2CCC(C(=O)Nc3c(CC)ccc(Cl)c3CC)CC2)cc1. The zero-order chi connectivity index (χ0) is 23.3. The van der Waals surface area contributed by atoms with Crippen molar-refractivity contribution in [2.45, 2.75) is 51.3 Å². The molecule has 0 unspecified atom stereocenters. The second kappa shape index (κ2) is 10.7. The Hall–Kier alpha value is -2.09. The van der Waals surface area contributed by atoms with E-state index in [2.05, 4.69) is 5.32 Å². The maximum absolute atomic E-state index is 13.0. The van der Waals surface area contributed by atoms with Crippen LogP contribution in [0.4, 0.5) is 5.69 Å². The normalized spacial score (nSPS) is 15.5. The molecule has 0 saturated carbocycles. The van der Waals surface area contributed by atoms with Crippen LogP contribution in [-0.4, -0.2) is 38.3 Å². The topological polar surface area (TPSA) is 75.7 Å². The van der Waals surface area contributed by atoms with Gasteiger partial charge in [-0.15, -0.1) is 0 Å².